The van der Waals surface area contributed by atoms with Crippen LogP contribution in [0.4, 0.5) is 4.39 Å². The van der Waals surface area contributed by atoms with Gasteiger partial charge in [0.2, 0.25) is 5.91 Å². The quantitative estimate of drug-likeness (QED) is 0.843. The summed E-state index contributed by atoms with van der Waals surface area (Å²) in [5.74, 6) is 0.114. The maximum atomic E-state index is 13.9. The van der Waals surface area contributed by atoms with Crippen LogP contribution in [0.5, 0.6) is 0 Å². The Labute approximate surface area is 142 Å². The Morgan fingerprint density at radius 1 is 1.33 bits per heavy atom. The second-order valence-electron chi connectivity index (χ2n) is 6.60. The van der Waals surface area contributed by atoms with E-state index in [1.807, 2.05) is 41.6 Å². The molecule has 1 aromatic carbocycles. The van der Waals surface area contributed by atoms with Crippen LogP contribution < -0.4 is 0 Å². The first-order chi connectivity index (χ1) is 11.5. The Hall–Kier alpha value is -2.17. The number of halogens is 1. The smallest absolute Gasteiger partial charge is 0.222 e. The van der Waals surface area contributed by atoms with Crippen molar-refractivity contribution in [3.8, 4) is 0 Å². The largest absolute Gasteiger partial charge is 0.342 e. The molecule has 0 saturated carbocycles. The van der Waals surface area contributed by atoms with Crippen LogP contribution in [-0.2, 0) is 11.3 Å². The van der Waals surface area contributed by atoms with Gasteiger partial charge in [-0.2, -0.15) is 5.10 Å². The van der Waals surface area contributed by atoms with E-state index >= 15 is 0 Å². The fourth-order valence-corrected chi connectivity index (χ4v) is 3.49. The van der Waals surface area contributed by atoms with E-state index in [-0.39, 0.29) is 17.6 Å². The predicted molar refractivity (Wildman–Crippen MR) is 91.3 cm³/mol. The van der Waals surface area contributed by atoms with Crippen molar-refractivity contribution in [1.29, 1.82) is 0 Å². The first-order valence-corrected chi connectivity index (χ1v) is 8.58. The molecule has 0 radical (unpaired) electrons. The molecule has 1 fully saturated rings. The lowest BCUT2D eigenvalue weighted by Gasteiger charge is -2.17. The summed E-state index contributed by atoms with van der Waals surface area (Å²) in [4.78, 5) is 14.3. The molecule has 2 aromatic rings. The molecular formula is C19H24FN3O. The second-order valence-corrected chi connectivity index (χ2v) is 6.60. The highest BCUT2D eigenvalue weighted by molar-refractivity contribution is 5.76. The van der Waals surface area contributed by atoms with Crippen LogP contribution in [0, 0.1) is 19.7 Å². The van der Waals surface area contributed by atoms with Gasteiger partial charge in [0.1, 0.15) is 5.82 Å². The molecule has 1 amide bonds. The lowest BCUT2D eigenvalue weighted by atomic mass is 9.98. The third-order valence-corrected chi connectivity index (χ3v) is 4.75. The number of nitrogens with zero attached hydrogens (tertiary/aromatic N) is 3. The molecule has 5 heteroatoms. The Morgan fingerprint density at radius 2 is 2.12 bits per heavy atom. The Balaban J connectivity index is 1.50. The number of aryl methyl sites for hydroxylation is 3. The van der Waals surface area contributed by atoms with Gasteiger partial charge in [0.25, 0.3) is 0 Å². The first-order valence-electron chi connectivity index (χ1n) is 8.58. The molecule has 0 bridgehead atoms. The Kier molecular flexibility index (Phi) is 4.97. The standard InChI is InChI=1S/C19H24FN3O/c1-14-12-15(2)23(21-14)10-5-8-19(24)22-11-9-16(13-22)17-6-3-4-7-18(17)20/h3-4,6-7,12,16H,5,8-11,13H2,1-2H3/t16-/m0/s1. The molecule has 1 aliphatic rings. The molecule has 0 unspecified atom stereocenters. The number of rotatable bonds is 5. The number of benzene rings is 1. The van der Waals surface area contributed by atoms with Gasteiger partial charge in [-0.05, 0) is 44.4 Å². The summed E-state index contributed by atoms with van der Waals surface area (Å²) < 4.78 is 15.8. The minimum absolute atomic E-state index is 0.117. The van der Waals surface area contributed by atoms with E-state index in [1.165, 1.54) is 6.07 Å². The van der Waals surface area contributed by atoms with Gasteiger partial charge in [-0.1, -0.05) is 18.2 Å². The summed E-state index contributed by atoms with van der Waals surface area (Å²) in [6.07, 6.45) is 2.13. The SMILES string of the molecule is Cc1cc(C)n(CCCC(=O)N2CC[C@H](c3ccccc3F)C2)n1. The van der Waals surface area contributed by atoms with Gasteiger partial charge in [0, 0.05) is 37.7 Å². The second kappa shape index (κ2) is 7.16. The molecule has 1 atom stereocenters. The van der Waals surface area contributed by atoms with Gasteiger partial charge in [0.05, 0.1) is 5.69 Å². The zero-order valence-electron chi connectivity index (χ0n) is 14.3. The van der Waals surface area contributed by atoms with Crippen LogP contribution >= 0.6 is 0 Å². The van der Waals surface area contributed by atoms with Crippen molar-refractivity contribution in [2.24, 2.45) is 0 Å². The monoisotopic (exact) mass is 329 g/mol. The highest BCUT2D eigenvalue weighted by Crippen LogP contribution is 2.29. The van der Waals surface area contributed by atoms with E-state index in [2.05, 4.69) is 5.10 Å². The molecule has 0 spiro atoms. The number of carbonyl (C=O) groups is 1. The summed E-state index contributed by atoms with van der Waals surface area (Å²) in [7, 11) is 0. The highest BCUT2D eigenvalue weighted by Gasteiger charge is 2.28. The third kappa shape index (κ3) is 3.66. The number of amides is 1. The maximum absolute atomic E-state index is 13.9. The van der Waals surface area contributed by atoms with Gasteiger partial charge in [-0.3, -0.25) is 9.48 Å². The Morgan fingerprint density at radius 3 is 2.83 bits per heavy atom. The van der Waals surface area contributed by atoms with Crippen LogP contribution in [0.3, 0.4) is 0 Å². The summed E-state index contributed by atoms with van der Waals surface area (Å²) >= 11 is 0. The summed E-state index contributed by atoms with van der Waals surface area (Å²) in [5, 5.41) is 4.42. The minimum atomic E-state index is -0.165. The van der Waals surface area contributed by atoms with Crippen molar-refractivity contribution in [2.75, 3.05) is 13.1 Å². The van der Waals surface area contributed by atoms with Gasteiger partial charge in [-0.15, -0.1) is 0 Å². The van der Waals surface area contributed by atoms with Gasteiger partial charge in [0.15, 0.2) is 0 Å². The summed E-state index contributed by atoms with van der Waals surface area (Å²) in [6, 6.07) is 8.93. The molecule has 0 N–H and O–H groups in total. The summed E-state index contributed by atoms with van der Waals surface area (Å²) in [6.45, 7) is 6.11. The normalized spacial score (nSPS) is 17.5. The van der Waals surface area contributed by atoms with Crippen LogP contribution in [-0.4, -0.2) is 33.7 Å². The Bertz CT molecular complexity index is 725. The molecule has 1 saturated heterocycles. The highest BCUT2D eigenvalue weighted by atomic mass is 19.1. The van der Waals surface area contributed by atoms with Crippen molar-refractivity contribution >= 4 is 5.91 Å². The van der Waals surface area contributed by atoms with E-state index in [4.69, 9.17) is 0 Å². The summed E-state index contributed by atoms with van der Waals surface area (Å²) in [5.41, 5.74) is 2.86. The number of carbonyl (C=O) groups excluding carboxylic acids is 1. The molecule has 128 valence electrons. The zero-order valence-corrected chi connectivity index (χ0v) is 14.3. The third-order valence-electron chi connectivity index (χ3n) is 4.75. The molecule has 1 aliphatic heterocycles. The van der Waals surface area contributed by atoms with Crippen molar-refractivity contribution in [3.63, 3.8) is 0 Å². The number of hydrogen-bond acceptors (Lipinski definition) is 2. The fourth-order valence-electron chi connectivity index (χ4n) is 3.49. The number of aromatic nitrogens is 2. The van der Waals surface area contributed by atoms with Crippen molar-refractivity contribution < 1.29 is 9.18 Å². The fraction of sp³-hybridized carbons (Fsp3) is 0.474. The lowest BCUT2D eigenvalue weighted by Crippen LogP contribution is -2.28. The van der Waals surface area contributed by atoms with E-state index in [1.54, 1.807) is 6.07 Å². The van der Waals surface area contributed by atoms with Gasteiger partial charge >= 0.3 is 0 Å². The number of hydrogen-bond donors (Lipinski definition) is 0. The molecule has 3 rings (SSSR count). The van der Waals surface area contributed by atoms with E-state index in [0.29, 0.717) is 13.0 Å². The average Bonchev–Trinajstić information content (AvgIpc) is 3.15. The predicted octanol–water partition coefficient (Wildman–Crippen LogP) is 3.44. The maximum Gasteiger partial charge on any atom is 0.222 e. The van der Waals surface area contributed by atoms with Crippen molar-refractivity contribution in [1.82, 2.24) is 14.7 Å². The lowest BCUT2D eigenvalue weighted by molar-refractivity contribution is -0.130. The molecule has 4 nitrogen and oxygen atoms in total. The first kappa shape index (κ1) is 16.7. The van der Waals surface area contributed by atoms with Crippen LogP contribution in [0.1, 0.15) is 42.1 Å². The van der Waals surface area contributed by atoms with E-state index in [0.717, 1.165) is 42.9 Å². The molecule has 24 heavy (non-hydrogen) atoms. The topological polar surface area (TPSA) is 38.1 Å². The van der Waals surface area contributed by atoms with Crippen LogP contribution in [0.2, 0.25) is 0 Å². The molecule has 0 aliphatic carbocycles. The molecule has 1 aromatic heterocycles. The average molecular weight is 329 g/mol. The van der Waals surface area contributed by atoms with Crippen LogP contribution in [0.25, 0.3) is 0 Å². The van der Waals surface area contributed by atoms with Crippen molar-refractivity contribution in [2.45, 2.75) is 45.6 Å². The van der Waals surface area contributed by atoms with Crippen LogP contribution in [0.15, 0.2) is 30.3 Å². The minimum Gasteiger partial charge on any atom is -0.342 e. The van der Waals surface area contributed by atoms with Crippen molar-refractivity contribution in [3.05, 3.63) is 53.1 Å². The zero-order chi connectivity index (χ0) is 17.1. The molecule has 2 heterocycles. The van der Waals surface area contributed by atoms with E-state index in [9.17, 15) is 9.18 Å². The number of likely N-dealkylation sites (tertiary alicyclic amines) is 1. The molecular weight excluding hydrogens is 305 g/mol. The van der Waals surface area contributed by atoms with Gasteiger partial charge < -0.3 is 4.90 Å². The van der Waals surface area contributed by atoms with Gasteiger partial charge in [-0.25, -0.2) is 4.39 Å². The van der Waals surface area contributed by atoms with E-state index < -0.39 is 0 Å².